The molecule has 0 fully saturated rings. The van der Waals surface area contributed by atoms with E-state index in [9.17, 15) is 0 Å². The first-order chi connectivity index (χ1) is 11.9. The second-order valence-electron chi connectivity index (χ2n) is 4.64. The molecule has 0 aromatic rings. The first kappa shape index (κ1) is 21.6. The number of hydrogen-bond donors (Lipinski definition) is 0. The molecule has 24 heavy (non-hydrogen) atoms. The SMILES string of the molecule is CO/C1=C/C#CSCCCCS1.CO/C1=C/C#CSCCCCS1. The summed E-state index contributed by atoms with van der Waals surface area (Å²) in [7, 11) is 3.39. The van der Waals surface area contributed by atoms with Crippen LogP contribution in [0.1, 0.15) is 25.7 Å². The van der Waals surface area contributed by atoms with Crippen molar-refractivity contribution in [2.75, 3.05) is 37.2 Å². The molecule has 0 atom stereocenters. The van der Waals surface area contributed by atoms with Gasteiger partial charge in [0.05, 0.1) is 14.2 Å². The number of rotatable bonds is 2. The largest absolute Gasteiger partial charge is 0.490 e. The summed E-state index contributed by atoms with van der Waals surface area (Å²) in [4.78, 5) is 0. The average Bonchev–Trinajstić information content (AvgIpc) is 2.64. The van der Waals surface area contributed by atoms with Gasteiger partial charge in [0.2, 0.25) is 0 Å². The molecule has 2 nitrogen and oxygen atoms in total. The molecule has 0 unspecified atom stereocenters. The van der Waals surface area contributed by atoms with Gasteiger partial charge in [-0.1, -0.05) is 58.9 Å². The van der Waals surface area contributed by atoms with E-state index in [0.29, 0.717) is 0 Å². The maximum Gasteiger partial charge on any atom is 0.161 e. The van der Waals surface area contributed by atoms with Crippen LogP contribution in [0.5, 0.6) is 0 Å². The Hall–Kier alpha value is -0.400. The number of thioether (sulfide) groups is 4. The Bertz CT molecular complexity index is 473. The third-order valence-electron chi connectivity index (χ3n) is 2.81. The molecule has 0 aliphatic carbocycles. The Morgan fingerprint density at radius 2 is 1.12 bits per heavy atom. The van der Waals surface area contributed by atoms with Gasteiger partial charge in [-0.25, -0.2) is 0 Å². The third-order valence-corrected chi connectivity index (χ3v) is 6.45. The highest BCUT2D eigenvalue weighted by molar-refractivity contribution is 8.04. The summed E-state index contributed by atoms with van der Waals surface area (Å²) in [6.07, 6.45) is 8.71. The third kappa shape index (κ3) is 12.0. The van der Waals surface area contributed by atoms with Gasteiger partial charge in [-0.2, -0.15) is 0 Å². The second-order valence-corrected chi connectivity index (χ2v) is 8.64. The lowest BCUT2D eigenvalue weighted by molar-refractivity contribution is 0.325. The minimum absolute atomic E-state index is 0.935. The van der Waals surface area contributed by atoms with E-state index in [1.807, 2.05) is 12.2 Å². The summed E-state index contributed by atoms with van der Waals surface area (Å²) in [5, 5.41) is 7.90. The molecule has 2 rings (SSSR count). The van der Waals surface area contributed by atoms with Gasteiger partial charge in [-0.3, -0.25) is 0 Å². The van der Waals surface area contributed by atoms with Crippen molar-refractivity contribution < 1.29 is 9.47 Å². The van der Waals surface area contributed by atoms with E-state index >= 15 is 0 Å². The fourth-order valence-corrected chi connectivity index (χ4v) is 4.38. The van der Waals surface area contributed by atoms with E-state index < -0.39 is 0 Å². The molecule has 0 saturated carbocycles. The highest BCUT2D eigenvalue weighted by Crippen LogP contribution is 2.19. The first-order valence-electron chi connectivity index (χ1n) is 7.85. The van der Waals surface area contributed by atoms with Gasteiger partial charge in [0.15, 0.2) is 10.2 Å². The van der Waals surface area contributed by atoms with Gasteiger partial charge < -0.3 is 9.47 Å². The number of ether oxygens (including phenoxy) is 2. The zero-order valence-corrected chi connectivity index (χ0v) is 17.5. The molecule has 0 amide bonds. The maximum atomic E-state index is 5.14. The van der Waals surface area contributed by atoms with E-state index in [1.165, 1.54) is 25.7 Å². The van der Waals surface area contributed by atoms with Crippen LogP contribution in [-0.2, 0) is 9.47 Å². The maximum absolute atomic E-state index is 5.14. The Morgan fingerprint density at radius 1 is 0.708 bits per heavy atom. The van der Waals surface area contributed by atoms with Crippen LogP contribution in [0.4, 0.5) is 0 Å². The highest BCUT2D eigenvalue weighted by atomic mass is 32.2. The van der Waals surface area contributed by atoms with Crippen molar-refractivity contribution in [3.63, 3.8) is 0 Å². The molecule has 0 bridgehead atoms. The number of hydrogen-bond acceptors (Lipinski definition) is 6. The van der Waals surface area contributed by atoms with Crippen LogP contribution in [0, 0.1) is 22.3 Å². The Morgan fingerprint density at radius 3 is 1.54 bits per heavy atom. The van der Waals surface area contributed by atoms with Gasteiger partial charge in [0, 0.05) is 35.2 Å². The van der Waals surface area contributed by atoms with Crippen molar-refractivity contribution in [3.8, 4) is 22.3 Å². The molecule has 0 N–H and O–H groups in total. The van der Waals surface area contributed by atoms with Crippen LogP contribution in [0.3, 0.4) is 0 Å². The first-order valence-corrected chi connectivity index (χ1v) is 11.8. The van der Waals surface area contributed by atoms with E-state index in [2.05, 4.69) is 22.3 Å². The Kier molecular flexibility index (Phi) is 14.5. The fraction of sp³-hybridized carbons (Fsp3) is 0.556. The summed E-state index contributed by atoms with van der Waals surface area (Å²) in [5.74, 6) is 10.5. The Labute approximate surface area is 163 Å². The predicted molar refractivity (Wildman–Crippen MR) is 114 cm³/mol. The van der Waals surface area contributed by atoms with Crippen molar-refractivity contribution in [3.05, 3.63) is 22.3 Å². The quantitative estimate of drug-likeness (QED) is 0.574. The lowest BCUT2D eigenvalue weighted by atomic mass is 10.4. The lowest BCUT2D eigenvalue weighted by Crippen LogP contribution is -1.87. The predicted octanol–water partition coefficient (Wildman–Crippen LogP) is 5.39. The monoisotopic (exact) mass is 400 g/mol. The summed E-state index contributed by atoms with van der Waals surface area (Å²) in [6.45, 7) is 0. The molecule has 0 aromatic carbocycles. The van der Waals surface area contributed by atoms with Crippen molar-refractivity contribution in [2.24, 2.45) is 0 Å². The molecule has 0 radical (unpaired) electrons. The van der Waals surface area contributed by atoms with E-state index in [0.717, 1.165) is 33.2 Å². The number of allylic oxidation sites excluding steroid dienone is 2. The molecule has 2 aliphatic rings. The zero-order valence-electron chi connectivity index (χ0n) is 14.3. The molecule has 6 heteroatoms. The van der Waals surface area contributed by atoms with Gasteiger partial charge in [-0.15, -0.1) is 0 Å². The van der Waals surface area contributed by atoms with Gasteiger partial charge in [-0.05, 0) is 36.2 Å². The molecule has 2 heterocycles. The summed E-state index contributed by atoms with van der Waals surface area (Å²) < 4.78 is 10.3. The van der Waals surface area contributed by atoms with Crippen LogP contribution in [0.15, 0.2) is 22.3 Å². The van der Waals surface area contributed by atoms with Crippen molar-refractivity contribution in [1.29, 1.82) is 0 Å². The van der Waals surface area contributed by atoms with Gasteiger partial charge in [0.1, 0.15) is 0 Å². The molecule has 132 valence electrons. The normalized spacial score (nSPS) is 22.9. The van der Waals surface area contributed by atoms with Crippen LogP contribution in [-0.4, -0.2) is 37.2 Å². The van der Waals surface area contributed by atoms with E-state index in [4.69, 9.17) is 9.47 Å². The molecular weight excluding hydrogens is 376 g/mol. The molecular formula is C18H24O2S4. The van der Waals surface area contributed by atoms with E-state index in [1.54, 1.807) is 61.3 Å². The highest BCUT2D eigenvalue weighted by Gasteiger charge is 1.98. The standard InChI is InChI=1S/2C9H12OS2/c2*1-10-9-5-4-7-11-6-2-3-8-12-9/h2*5H,2-3,6,8H2,1H3/b2*9-5-. The second kappa shape index (κ2) is 16.1. The topological polar surface area (TPSA) is 18.5 Å². The summed E-state index contributed by atoms with van der Waals surface area (Å²) in [6, 6.07) is 0. The minimum atomic E-state index is 0.935. The molecule has 0 spiro atoms. The lowest BCUT2D eigenvalue weighted by Gasteiger charge is -2.04. The molecule has 0 aromatic heterocycles. The van der Waals surface area contributed by atoms with Crippen LogP contribution in [0.2, 0.25) is 0 Å². The molecule has 0 saturated heterocycles. The summed E-state index contributed by atoms with van der Waals surface area (Å²) in [5.41, 5.74) is 0. The smallest absolute Gasteiger partial charge is 0.161 e. The van der Waals surface area contributed by atoms with Crippen LogP contribution in [0.25, 0.3) is 0 Å². The van der Waals surface area contributed by atoms with Gasteiger partial charge >= 0.3 is 0 Å². The molecule has 2 aliphatic heterocycles. The summed E-state index contributed by atoms with van der Waals surface area (Å²) >= 11 is 6.88. The van der Waals surface area contributed by atoms with Crippen LogP contribution >= 0.6 is 47.0 Å². The number of methoxy groups -OCH3 is 2. The fourth-order valence-electron chi connectivity index (χ4n) is 1.58. The average molecular weight is 401 g/mol. The van der Waals surface area contributed by atoms with Gasteiger partial charge in [0.25, 0.3) is 0 Å². The zero-order chi connectivity index (χ0) is 17.3. The van der Waals surface area contributed by atoms with Crippen molar-refractivity contribution >= 4 is 47.0 Å². The van der Waals surface area contributed by atoms with Crippen molar-refractivity contribution in [1.82, 2.24) is 0 Å². The van der Waals surface area contributed by atoms with E-state index in [-0.39, 0.29) is 0 Å². The van der Waals surface area contributed by atoms with Crippen molar-refractivity contribution in [2.45, 2.75) is 25.7 Å². The minimum Gasteiger partial charge on any atom is -0.490 e. The van der Waals surface area contributed by atoms with Crippen LogP contribution < -0.4 is 0 Å². The Balaban J connectivity index is 0.000000240.